The number of aromatic amines is 1. The molecule has 0 radical (unpaired) electrons. The van der Waals surface area contributed by atoms with Crippen LogP contribution in [0.5, 0.6) is 0 Å². The lowest BCUT2D eigenvalue weighted by Gasteiger charge is -2.10. The van der Waals surface area contributed by atoms with E-state index >= 15 is 0 Å². The van der Waals surface area contributed by atoms with Crippen molar-refractivity contribution in [2.45, 2.75) is 13.0 Å². The van der Waals surface area contributed by atoms with E-state index in [-0.39, 0.29) is 34.5 Å². The number of benzene rings is 1. The van der Waals surface area contributed by atoms with Crippen molar-refractivity contribution in [2.24, 2.45) is 5.92 Å². The zero-order valence-electron chi connectivity index (χ0n) is 15.7. The van der Waals surface area contributed by atoms with E-state index in [1.807, 2.05) is 19.0 Å². The molecule has 0 fully saturated rings. The van der Waals surface area contributed by atoms with Gasteiger partial charge in [0.05, 0.1) is 17.8 Å². The Labute approximate surface area is 162 Å². The molecule has 1 unspecified atom stereocenters. The van der Waals surface area contributed by atoms with E-state index in [9.17, 15) is 8.78 Å². The largest absolute Gasteiger partial charge is 0.398 e. The molecule has 4 N–H and O–H groups in total. The molecule has 1 atom stereocenters. The monoisotopic (exact) mass is 384 g/mol. The average molecular weight is 384 g/mol. The Bertz CT molecular complexity index is 971. The van der Waals surface area contributed by atoms with Crippen molar-refractivity contribution in [2.75, 3.05) is 19.8 Å². The Morgan fingerprint density at radius 1 is 1.39 bits per heavy atom. The first-order valence-electron chi connectivity index (χ1n) is 8.80. The topological polar surface area (TPSA) is 94.7 Å². The highest BCUT2D eigenvalue weighted by Crippen LogP contribution is 2.26. The molecule has 0 bridgehead atoms. The fourth-order valence-electron chi connectivity index (χ4n) is 2.89. The highest BCUT2D eigenvalue weighted by atomic mass is 19.1. The molecule has 6 nitrogen and oxygen atoms in total. The van der Waals surface area contributed by atoms with Gasteiger partial charge in [0.1, 0.15) is 17.5 Å². The predicted octanol–water partition coefficient (Wildman–Crippen LogP) is 3.61. The van der Waals surface area contributed by atoms with Gasteiger partial charge in [0.2, 0.25) is 0 Å². The minimum Gasteiger partial charge on any atom is -0.398 e. The van der Waals surface area contributed by atoms with Gasteiger partial charge < -0.3 is 16.0 Å². The molecule has 1 aromatic carbocycles. The second kappa shape index (κ2) is 8.26. The number of nitrogen functional groups attached to an aromatic ring is 1. The molecule has 1 heterocycles. The van der Waals surface area contributed by atoms with E-state index in [0.717, 1.165) is 6.07 Å². The van der Waals surface area contributed by atoms with Gasteiger partial charge in [-0.3, -0.25) is 5.10 Å². The fraction of sp³-hybridized carbons (Fsp3) is 0.250. The number of hydrogen-bond acceptors (Lipinski definition) is 5. The molecule has 0 aliphatic heterocycles. The van der Waals surface area contributed by atoms with Gasteiger partial charge in [-0.25, -0.2) is 13.8 Å². The molecule has 28 heavy (non-hydrogen) atoms. The molecule has 0 spiro atoms. The van der Waals surface area contributed by atoms with E-state index in [0.29, 0.717) is 24.4 Å². The quantitative estimate of drug-likeness (QED) is 0.524. The lowest BCUT2D eigenvalue weighted by molar-refractivity contribution is 0.391. The van der Waals surface area contributed by atoms with Crippen molar-refractivity contribution in [1.82, 2.24) is 20.1 Å². The molecule has 0 saturated heterocycles. The Morgan fingerprint density at radius 3 is 2.89 bits per heavy atom. The normalized spacial score (nSPS) is 16.8. The number of H-pyrrole nitrogens is 1. The molecule has 0 saturated carbocycles. The van der Waals surface area contributed by atoms with E-state index in [2.05, 4.69) is 15.2 Å². The van der Waals surface area contributed by atoms with E-state index in [4.69, 9.17) is 11.1 Å². The summed E-state index contributed by atoms with van der Waals surface area (Å²) in [6.07, 6.45) is 8.59. The Balaban J connectivity index is 1.86. The lowest BCUT2D eigenvalue weighted by Crippen LogP contribution is -2.11. The first-order chi connectivity index (χ1) is 13.3. The number of allylic oxidation sites excluding steroid dienone is 6. The maximum Gasteiger partial charge on any atom is 0.184 e. The molecule has 1 aliphatic carbocycles. The van der Waals surface area contributed by atoms with E-state index in [1.54, 1.807) is 18.2 Å². The number of nitrogens with two attached hydrogens (primary N) is 1. The summed E-state index contributed by atoms with van der Waals surface area (Å²) >= 11 is 0. The smallest absolute Gasteiger partial charge is 0.184 e. The molecule has 1 aromatic heterocycles. The van der Waals surface area contributed by atoms with Crippen molar-refractivity contribution in [3.05, 3.63) is 65.5 Å². The van der Waals surface area contributed by atoms with Gasteiger partial charge in [-0.15, -0.1) is 0 Å². The van der Waals surface area contributed by atoms with Gasteiger partial charge in [-0.1, -0.05) is 12.2 Å². The maximum absolute atomic E-state index is 14.4. The van der Waals surface area contributed by atoms with Gasteiger partial charge in [0, 0.05) is 17.2 Å². The van der Waals surface area contributed by atoms with Gasteiger partial charge in [-0.2, -0.15) is 5.10 Å². The van der Waals surface area contributed by atoms with Crippen LogP contribution in [0.4, 0.5) is 14.5 Å². The number of rotatable bonds is 6. The van der Waals surface area contributed by atoms with Crippen molar-refractivity contribution < 1.29 is 8.78 Å². The number of hydrogen-bond donors (Lipinski definition) is 3. The lowest BCUT2D eigenvalue weighted by atomic mass is 9.97. The fourth-order valence-corrected chi connectivity index (χ4v) is 2.89. The van der Waals surface area contributed by atoms with Crippen molar-refractivity contribution in [1.29, 1.82) is 5.41 Å². The summed E-state index contributed by atoms with van der Waals surface area (Å²) in [5.41, 5.74) is 6.69. The van der Waals surface area contributed by atoms with Crippen LogP contribution in [-0.2, 0) is 6.54 Å². The molecule has 0 amide bonds. The maximum atomic E-state index is 14.4. The summed E-state index contributed by atoms with van der Waals surface area (Å²) in [6.45, 7) is 0.537. The molecule has 3 rings (SSSR count). The Hall–Kier alpha value is -3.13. The summed E-state index contributed by atoms with van der Waals surface area (Å²) < 4.78 is 27.8. The first-order valence-corrected chi connectivity index (χ1v) is 8.80. The van der Waals surface area contributed by atoms with Crippen LogP contribution in [0.25, 0.3) is 11.4 Å². The van der Waals surface area contributed by atoms with Crippen LogP contribution < -0.4 is 5.73 Å². The third-order valence-electron chi connectivity index (χ3n) is 4.24. The standard InChI is InChI=1S/C20H22F2N6/c1-28(2)11-19-25-20(27-26-19)14-9-15(18(24)10-16(14)22)17(23)7-6-12-4-3-5-13(21)8-12/h3,5-10,12,23H,4,11,24H2,1-2H3,(H,25,26,27)/b7-6+,23-17?. The highest BCUT2D eigenvalue weighted by molar-refractivity contribution is 6.10. The third-order valence-corrected chi connectivity index (χ3v) is 4.24. The van der Waals surface area contributed by atoms with Gasteiger partial charge in [0.25, 0.3) is 0 Å². The van der Waals surface area contributed by atoms with Gasteiger partial charge in [0.15, 0.2) is 5.82 Å². The number of aromatic nitrogens is 3. The first kappa shape index (κ1) is 19.6. The van der Waals surface area contributed by atoms with E-state index < -0.39 is 5.82 Å². The molecule has 8 heteroatoms. The van der Waals surface area contributed by atoms with Crippen LogP contribution in [-0.4, -0.2) is 39.9 Å². The summed E-state index contributed by atoms with van der Waals surface area (Å²) in [4.78, 5) is 6.21. The summed E-state index contributed by atoms with van der Waals surface area (Å²) in [5, 5.41) is 15.1. The summed E-state index contributed by atoms with van der Waals surface area (Å²) in [6, 6.07) is 2.63. The van der Waals surface area contributed by atoms with E-state index in [1.165, 1.54) is 18.2 Å². The van der Waals surface area contributed by atoms with Crippen LogP contribution in [0.1, 0.15) is 17.8 Å². The minimum atomic E-state index is -0.559. The second-order valence-corrected chi connectivity index (χ2v) is 6.89. The zero-order valence-corrected chi connectivity index (χ0v) is 15.7. The second-order valence-electron chi connectivity index (χ2n) is 6.89. The zero-order chi connectivity index (χ0) is 20.3. The van der Waals surface area contributed by atoms with Gasteiger partial charge >= 0.3 is 0 Å². The number of anilines is 1. The average Bonchev–Trinajstić information content (AvgIpc) is 3.07. The van der Waals surface area contributed by atoms with Crippen molar-refractivity contribution in [3.8, 4) is 11.4 Å². The molecular formula is C20H22F2N6. The van der Waals surface area contributed by atoms with Crippen molar-refractivity contribution >= 4 is 11.4 Å². The molecule has 2 aromatic rings. The third kappa shape index (κ3) is 4.58. The predicted molar refractivity (Wildman–Crippen MR) is 106 cm³/mol. The Morgan fingerprint density at radius 2 is 2.18 bits per heavy atom. The highest BCUT2D eigenvalue weighted by Gasteiger charge is 2.16. The van der Waals surface area contributed by atoms with Gasteiger partial charge in [-0.05, 0) is 50.9 Å². The summed E-state index contributed by atoms with van der Waals surface area (Å²) in [5.74, 6) is -0.181. The Kier molecular flexibility index (Phi) is 5.79. The summed E-state index contributed by atoms with van der Waals surface area (Å²) in [7, 11) is 3.78. The number of nitrogens with zero attached hydrogens (tertiary/aromatic N) is 3. The molecular weight excluding hydrogens is 362 g/mol. The van der Waals surface area contributed by atoms with Crippen LogP contribution in [0.3, 0.4) is 0 Å². The van der Waals surface area contributed by atoms with Crippen LogP contribution in [0, 0.1) is 17.1 Å². The molecule has 146 valence electrons. The van der Waals surface area contributed by atoms with Crippen LogP contribution >= 0.6 is 0 Å². The number of nitrogens with one attached hydrogen (secondary N) is 2. The SMILES string of the molecule is CN(C)Cc1nc(-c2cc(C(=N)/C=C/C3C=C(F)C=CC3)c(N)cc2F)n[nH]1. The minimum absolute atomic E-state index is 0.103. The number of halogens is 2. The van der Waals surface area contributed by atoms with Crippen LogP contribution in [0.15, 0.2) is 48.3 Å². The van der Waals surface area contributed by atoms with Crippen molar-refractivity contribution in [3.63, 3.8) is 0 Å². The molecule has 1 aliphatic rings. The van der Waals surface area contributed by atoms with Crippen LogP contribution in [0.2, 0.25) is 0 Å².